The highest BCUT2D eigenvalue weighted by atomic mass is 15.3. The number of hydrogen-bond donors (Lipinski definition) is 1. The molecule has 0 unspecified atom stereocenters. The molecule has 84 valence electrons. The van der Waals surface area contributed by atoms with E-state index >= 15 is 0 Å². The summed E-state index contributed by atoms with van der Waals surface area (Å²) in [6, 6.07) is 3.91. The number of hydrogen-bond acceptors (Lipinski definition) is 3. The van der Waals surface area contributed by atoms with Gasteiger partial charge in [0.15, 0.2) is 0 Å². The van der Waals surface area contributed by atoms with Crippen molar-refractivity contribution in [2.45, 2.75) is 20.4 Å². The lowest BCUT2D eigenvalue weighted by atomic mass is 10.2. The van der Waals surface area contributed by atoms with Gasteiger partial charge in [0.05, 0.1) is 11.9 Å². The van der Waals surface area contributed by atoms with Crippen molar-refractivity contribution in [3.8, 4) is 5.69 Å². The molecule has 0 saturated carbocycles. The van der Waals surface area contributed by atoms with Crippen LogP contribution in [0.1, 0.15) is 18.2 Å². The Morgan fingerprint density at radius 1 is 1.31 bits per heavy atom. The van der Waals surface area contributed by atoms with Crippen molar-refractivity contribution in [1.29, 1.82) is 0 Å². The zero-order valence-corrected chi connectivity index (χ0v) is 9.64. The van der Waals surface area contributed by atoms with Gasteiger partial charge < -0.3 is 5.32 Å². The first-order valence-corrected chi connectivity index (χ1v) is 5.47. The van der Waals surface area contributed by atoms with Crippen LogP contribution in [-0.2, 0) is 6.54 Å². The summed E-state index contributed by atoms with van der Waals surface area (Å²) in [6.45, 7) is 6.02. The van der Waals surface area contributed by atoms with Crippen LogP contribution in [0.15, 0.2) is 30.7 Å². The standard InChI is InChI=1S/C12H16N4/c1-3-13-8-11-9-15-16(10(11)2)12-4-6-14-7-5-12/h4-7,9,13H,3,8H2,1-2H3. The van der Waals surface area contributed by atoms with E-state index in [4.69, 9.17) is 0 Å². The van der Waals surface area contributed by atoms with E-state index in [2.05, 4.69) is 29.2 Å². The highest BCUT2D eigenvalue weighted by Crippen LogP contribution is 2.12. The molecular formula is C12H16N4. The van der Waals surface area contributed by atoms with Gasteiger partial charge in [-0.15, -0.1) is 0 Å². The van der Waals surface area contributed by atoms with E-state index in [1.165, 1.54) is 11.3 Å². The molecule has 0 spiro atoms. The first-order valence-electron chi connectivity index (χ1n) is 5.47. The van der Waals surface area contributed by atoms with Gasteiger partial charge in [-0.2, -0.15) is 5.10 Å². The lowest BCUT2D eigenvalue weighted by molar-refractivity contribution is 0.721. The maximum Gasteiger partial charge on any atom is 0.0679 e. The predicted octanol–water partition coefficient (Wildman–Crippen LogP) is 1.69. The second-order valence-electron chi connectivity index (χ2n) is 3.65. The molecule has 0 bridgehead atoms. The largest absolute Gasteiger partial charge is 0.313 e. The van der Waals surface area contributed by atoms with Gasteiger partial charge in [0.25, 0.3) is 0 Å². The van der Waals surface area contributed by atoms with Crippen LogP contribution in [0, 0.1) is 6.92 Å². The third kappa shape index (κ3) is 2.12. The average Bonchev–Trinajstić information content (AvgIpc) is 2.69. The first-order chi connectivity index (χ1) is 7.83. The summed E-state index contributed by atoms with van der Waals surface area (Å²) in [5.41, 5.74) is 3.46. The van der Waals surface area contributed by atoms with E-state index in [9.17, 15) is 0 Å². The molecule has 0 aromatic carbocycles. The summed E-state index contributed by atoms with van der Waals surface area (Å²) in [6.07, 6.45) is 5.47. The van der Waals surface area contributed by atoms with Gasteiger partial charge in [-0.1, -0.05) is 6.92 Å². The molecule has 0 aliphatic carbocycles. The molecule has 0 amide bonds. The zero-order chi connectivity index (χ0) is 11.4. The molecular weight excluding hydrogens is 200 g/mol. The summed E-state index contributed by atoms with van der Waals surface area (Å²) in [5.74, 6) is 0. The van der Waals surface area contributed by atoms with Gasteiger partial charge in [-0.25, -0.2) is 4.68 Å². The molecule has 1 N–H and O–H groups in total. The molecule has 2 rings (SSSR count). The molecule has 0 saturated heterocycles. The van der Waals surface area contributed by atoms with Crippen LogP contribution in [-0.4, -0.2) is 21.3 Å². The average molecular weight is 216 g/mol. The molecule has 2 aromatic heterocycles. The third-order valence-corrected chi connectivity index (χ3v) is 2.58. The van der Waals surface area contributed by atoms with Crippen LogP contribution < -0.4 is 5.32 Å². The minimum absolute atomic E-state index is 0.868. The van der Waals surface area contributed by atoms with E-state index in [1.807, 2.05) is 23.0 Å². The topological polar surface area (TPSA) is 42.7 Å². The van der Waals surface area contributed by atoms with Crippen molar-refractivity contribution in [3.05, 3.63) is 42.0 Å². The van der Waals surface area contributed by atoms with Gasteiger partial charge in [0, 0.05) is 30.2 Å². The van der Waals surface area contributed by atoms with E-state index in [1.54, 1.807) is 12.4 Å². The summed E-state index contributed by atoms with van der Waals surface area (Å²) in [7, 11) is 0. The van der Waals surface area contributed by atoms with E-state index in [-0.39, 0.29) is 0 Å². The van der Waals surface area contributed by atoms with Crippen molar-refractivity contribution >= 4 is 0 Å². The van der Waals surface area contributed by atoms with E-state index < -0.39 is 0 Å². The molecule has 16 heavy (non-hydrogen) atoms. The molecule has 2 aromatic rings. The predicted molar refractivity (Wildman–Crippen MR) is 63.5 cm³/mol. The van der Waals surface area contributed by atoms with Crippen molar-refractivity contribution < 1.29 is 0 Å². The molecule has 4 nitrogen and oxygen atoms in total. The summed E-state index contributed by atoms with van der Waals surface area (Å²) in [4.78, 5) is 4.00. The Hall–Kier alpha value is -1.68. The van der Waals surface area contributed by atoms with Gasteiger partial charge in [0.1, 0.15) is 0 Å². The fourth-order valence-electron chi connectivity index (χ4n) is 1.62. The van der Waals surface area contributed by atoms with Gasteiger partial charge >= 0.3 is 0 Å². The Kier molecular flexibility index (Phi) is 3.31. The molecule has 0 aliphatic rings. The number of nitrogens with zero attached hydrogens (tertiary/aromatic N) is 3. The Labute approximate surface area is 95.3 Å². The highest BCUT2D eigenvalue weighted by Gasteiger charge is 2.06. The fraction of sp³-hybridized carbons (Fsp3) is 0.333. The van der Waals surface area contributed by atoms with Crippen molar-refractivity contribution in [3.63, 3.8) is 0 Å². The van der Waals surface area contributed by atoms with Crippen LogP contribution in [0.4, 0.5) is 0 Å². The lowest BCUT2D eigenvalue weighted by Gasteiger charge is -2.05. The highest BCUT2D eigenvalue weighted by molar-refractivity contribution is 5.32. The maximum absolute atomic E-state index is 4.39. The maximum atomic E-state index is 4.39. The molecule has 0 atom stereocenters. The van der Waals surface area contributed by atoms with Crippen LogP contribution in [0.2, 0.25) is 0 Å². The van der Waals surface area contributed by atoms with Crippen molar-refractivity contribution in [2.24, 2.45) is 0 Å². The Balaban J connectivity index is 2.27. The summed E-state index contributed by atoms with van der Waals surface area (Å²) in [5, 5.41) is 7.69. The Morgan fingerprint density at radius 3 is 2.75 bits per heavy atom. The van der Waals surface area contributed by atoms with E-state index in [0.717, 1.165) is 18.8 Å². The lowest BCUT2D eigenvalue weighted by Crippen LogP contribution is -2.12. The number of rotatable bonds is 4. The second-order valence-corrected chi connectivity index (χ2v) is 3.65. The number of pyridine rings is 1. The molecule has 4 heteroatoms. The minimum atomic E-state index is 0.868. The molecule has 2 heterocycles. The molecule has 0 fully saturated rings. The van der Waals surface area contributed by atoms with Crippen LogP contribution >= 0.6 is 0 Å². The number of nitrogens with one attached hydrogen (secondary N) is 1. The van der Waals surface area contributed by atoms with E-state index in [0.29, 0.717) is 0 Å². The fourth-order valence-corrected chi connectivity index (χ4v) is 1.62. The van der Waals surface area contributed by atoms with Gasteiger partial charge in [-0.3, -0.25) is 4.98 Å². The van der Waals surface area contributed by atoms with Crippen LogP contribution in [0.5, 0.6) is 0 Å². The monoisotopic (exact) mass is 216 g/mol. The Morgan fingerprint density at radius 2 is 2.06 bits per heavy atom. The molecule has 0 radical (unpaired) electrons. The van der Waals surface area contributed by atoms with Crippen LogP contribution in [0.3, 0.4) is 0 Å². The smallest absolute Gasteiger partial charge is 0.0679 e. The third-order valence-electron chi connectivity index (χ3n) is 2.58. The first kappa shape index (κ1) is 10.8. The zero-order valence-electron chi connectivity index (χ0n) is 9.64. The minimum Gasteiger partial charge on any atom is -0.313 e. The Bertz CT molecular complexity index is 447. The van der Waals surface area contributed by atoms with Gasteiger partial charge in [-0.05, 0) is 25.6 Å². The SMILES string of the molecule is CCNCc1cnn(-c2ccncc2)c1C. The molecule has 0 aliphatic heterocycles. The van der Waals surface area contributed by atoms with Crippen molar-refractivity contribution in [2.75, 3.05) is 6.54 Å². The second kappa shape index (κ2) is 4.90. The summed E-state index contributed by atoms with van der Waals surface area (Å²) >= 11 is 0. The quantitative estimate of drug-likeness (QED) is 0.845. The normalized spacial score (nSPS) is 10.6. The van der Waals surface area contributed by atoms with Crippen LogP contribution in [0.25, 0.3) is 5.69 Å². The summed E-state index contributed by atoms with van der Waals surface area (Å²) < 4.78 is 1.94. The van der Waals surface area contributed by atoms with Crippen molar-refractivity contribution in [1.82, 2.24) is 20.1 Å². The number of aromatic nitrogens is 3. The van der Waals surface area contributed by atoms with Gasteiger partial charge in [0.2, 0.25) is 0 Å².